The molecule has 2 aromatic carbocycles. The number of amides is 2. The predicted molar refractivity (Wildman–Crippen MR) is 162 cm³/mol. The second kappa shape index (κ2) is 10.1. The molecule has 5 N–H and O–H groups in total. The molecule has 0 saturated carbocycles. The smallest absolute Gasteiger partial charge is 0.297 e. The zero-order valence-corrected chi connectivity index (χ0v) is 24.7. The van der Waals surface area contributed by atoms with Crippen LogP contribution in [0, 0.1) is 6.92 Å². The van der Waals surface area contributed by atoms with E-state index in [2.05, 4.69) is 20.3 Å². The van der Waals surface area contributed by atoms with E-state index >= 15 is 0 Å². The van der Waals surface area contributed by atoms with Gasteiger partial charge in [0.05, 0.1) is 33.7 Å². The van der Waals surface area contributed by atoms with Crippen LogP contribution in [0.2, 0.25) is 0 Å². The minimum absolute atomic E-state index is 0.0776. The SMILES string of the molecule is Cc1ccc(S(=O)(=O)O[C@H]2C(n3c4ncccc4c4c5c(c6c7cccnc7[nH]c6c43)C(=O)NC5=O)O[C@H](CO)[C@@H](O)[C@@H]2O)cc1. The maximum Gasteiger partial charge on any atom is 0.297 e. The lowest BCUT2D eigenvalue weighted by molar-refractivity contribution is -0.242. The average Bonchev–Trinajstić information content (AvgIpc) is 3.68. The van der Waals surface area contributed by atoms with Crippen LogP contribution in [0.1, 0.15) is 32.5 Å². The molecule has 46 heavy (non-hydrogen) atoms. The third-order valence-corrected chi connectivity index (χ3v) is 9.97. The molecule has 2 amide bonds. The number of aromatic nitrogens is 4. The monoisotopic (exact) mass is 643 g/mol. The van der Waals surface area contributed by atoms with Crippen LogP contribution in [0.15, 0.2) is 65.8 Å². The Kier molecular flexibility index (Phi) is 6.31. The summed E-state index contributed by atoms with van der Waals surface area (Å²) in [6.07, 6.45) is -5.23. The van der Waals surface area contributed by atoms with Crippen molar-refractivity contribution in [3.63, 3.8) is 0 Å². The van der Waals surface area contributed by atoms with Crippen LogP contribution in [0.25, 0.3) is 43.9 Å². The lowest BCUT2D eigenvalue weighted by atomic mass is 9.96. The Balaban J connectivity index is 1.47. The van der Waals surface area contributed by atoms with E-state index in [1.807, 2.05) is 0 Å². The van der Waals surface area contributed by atoms with Gasteiger partial charge in [0.15, 0.2) is 12.3 Å². The van der Waals surface area contributed by atoms with E-state index in [0.717, 1.165) is 5.56 Å². The van der Waals surface area contributed by atoms with Gasteiger partial charge in [-0.3, -0.25) is 23.7 Å². The molecule has 8 rings (SSSR count). The maximum atomic E-state index is 13.6. The zero-order valence-electron chi connectivity index (χ0n) is 23.9. The molecule has 15 heteroatoms. The molecule has 1 saturated heterocycles. The summed E-state index contributed by atoms with van der Waals surface area (Å²) in [4.78, 5) is 38.7. The summed E-state index contributed by atoms with van der Waals surface area (Å²) in [5, 5.41) is 36.4. The second-order valence-electron chi connectivity index (χ2n) is 11.3. The molecule has 0 aliphatic carbocycles. The van der Waals surface area contributed by atoms with Crippen molar-refractivity contribution in [2.75, 3.05) is 6.61 Å². The Morgan fingerprint density at radius 3 is 2.33 bits per heavy atom. The van der Waals surface area contributed by atoms with Crippen molar-refractivity contribution in [3.05, 3.63) is 77.6 Å². The van der Waals surface area contributed by atoms with E-state index < -0.39 is 59.2 Å². The lowest BCUT2D eigenvalue weighted by Gasteiger charge is -2.42. The Labute approximate surface area is 259 Å². The van der Waals surface area contributed by atoms with Gasteiger partial charge in [0.25, 0.3) is 21.9 Å². The predicted octanol–water partition coefficient (Wildman–Crippen LogP) is 1.80. The van der Waals surface area contributed by atoms with Crippen LogP contribution in [0.4, 0.5) is 0 Å². The summed E-state index contributed by atoms with van der Waals surface area (Å²) in [7, 11) is -4.55. The first-order valence-corrected chi connectivity index (χ1v) is 15.7. The molecule has 14 nitrogen and oxygen atoms in total. The van der Waals surface area contributed by atoms with E-state index in [0.29, 0.717) is 32.7 Å². The molecule has 1 unspecified atom stereocenters. The van der Waals surface area contributed by atoms with E-state index in [4.69, 9.17) is 8.92 Å². The van der Waals surface area contributed by atoms with E-state index in [9.17, 15) is 33.3 Å². The van der Waals surface area contributed by atoms with Crippen LogP contribution in [-0.2, 0) is 19.0 Å². The van der Waals surface area contributed by atoms with Gasteiger partial charge in [-0.25, -0.2) is 9.97 Å². The van der Waals surface area contributed by atoms with Crippen LogP contribution >= 0.6 is 0 Å². The molecule has 2 aliphatic rings. The molecule has 0 spiro atoms. The van der Waals surface area contributed by atoms with Gasteiger partial charge in [-0.15, -0.1) is 0 Å². The number of ether oxygens (including phenoxy) is 1. The van der Waals surface area contributed by atoms with Crippen molar-refractivity contribution in [1.82, 2.24) is 24.8 Å². The van der Waals surface area contributed by atoms with Crippen LogP contribution in [0.5, 0.6) is 0 Å². The zero-order chi connectivity index (χ0) is 32.1. The van der Waals surface area contributed by atoms with Crippen molar-refractivity contribution < 1.29 is 42.2 Å². The summed E-state index contributed by atoms with van der Waals surface area (Å²) >= 11 is 0. The molecule has 4 aromatic heterocycles. The number of hydrogen-bond donors (Lipinski definition) is 5. The highest BCUT2D eigenvalue weighted by atomic mass is 32.2. The standard InChI is InChI=1S/C31H25N5O9S/c1-13-6-8-14(9-7-13)46(42,43)45-26-25(39)24(38)17(12-37)44-31(26)36-23-19(16-5-3-11-33-28(16)36)21-20(29(40)35-30(21)41)18-15-4-2-10-32-27(15)34-22(18)23/h2-11,17,24-26,31,37-39H,12H2,1H3,(H,32,34)(H,35,40,41)/t17-,24-,25+,26-,31?/m1/s1. The van der Waals surface area contributed by atoms with Gasteiger partial charge in [-0.2, -0.15) is 8.42 Å². The van der Waals surface area contributed by atoms with Gasteiger partial charge >= 0.3 is 0 Å². The average molecular weight is 644 g/mol. The van der Waals surface area contributed by atoms with Crippen molar-refractivity contribution in [3.8, 4) is 0 Å². The summed E-state index contributed by atoms with van der Waals surface area (Å²) in [5.74, 6) is -1.24. The summed E-state index contributed by atoms with van der Waals surface area (Å²) in [6, 6.07) is 12.6. The highest BCUT2D eigenvalue weighted by Crippen LogP contribution is 2.46. The topological polar surface area (TPSA) is 206 Å². The fourth-order valence-electron chi connectivity index (χ4n) is 6.57. The number of aliphatic hydroxyl groups excluding tert-OH is 3. The summed E-state index contributed by atoms with van der Waals surface area (Å²) in [6.45, 7) is 1.06. The highest BCUT2D eigenvalue weighted by molar-refractivity contribution is 7.86. The number of carbonyl (C=O) groups excluding carboxylic acids is 2. The number of H-pyrrole nitrogens is 1. The highest BCUT2D eigenvalue weighted by Gasteiger charge is 2.49. The second-order valence-corrected chi connectivity index (χ2v) is 12.9. The van der Waals surface area contributed by atoms with Gasteiger partial charge in [0.1, 0.15) is 29.6 Å². The van der Waals surface area contributed by atoms with Crippen LogP contribution in [-0.4, -0.2) is 86.1 Å². The number of rotatable bonds is 5. The molecule has 6 heterocycles. The molecule has 0 radical (unpaired) electrons. The van der Waals surface area contributed by atoms with Crippen molar-refractivity contribution in [1.29, 1.82) is 0 Å². The van der Waals surface area contributed by atoms with Gasteiger partial charge in [0.2, 0.25) is 0 Å². The largest absolute Gasteiger partial charge is 0.394 e. The van der Waals surface area contributed by atoms with Crippen LogP contribution in [0.3, 0.4) is 0 Å². The fourth-order valence-corrected chi connectivity index (χ4v) is 7.65. The number of benzene rings is 2. The number of aryl methyl sites for hydroxylation is 1. The number of fused-ring (bicyclic) bond motifs is 10. The molecule has 2 aliphatic heterocycles. The number of pyridine rings is 2. The van der Waals surface area contributed by atoms with Gasteiger partial charge in [-0.1, -0.05) is 17.7 Å². The first-order valence-electron chi connectivity index (χ1n) is 14.3. The fraction of sp³-hybridized carbons (Fsp3) is 0.226. The molecule has 5 atom stereocenters. The molecular formula is C31H25N5O9S. The van der Waals surface area contributed by atoms with Gasteiger partial charge in [0, 0.05) is 33.9 Å². The van der Waals surface area contributed by atoms with Crippen molar-refractivity contribution in [2.24, 2.45) is 0 Å². The number of imide groups is 1. The normalized spacial score (nSPS) is 23.5. The Hall–Kier alpha value is -4.77. The number of nitrogens with one attached hydrogen (secondary N) is 2. The first kappa shape index (κ1) is 28.7. The van der Waals surface area contributed by atoms with Gasteiger partial charge < -0.3 is 25.0 Å². The molecule has 0 bridgehead atoms. The Morgan fingerprint density at radius 1 is 0.935 bits per heavy atom. The third kappa shape index (κ3) is 3.97. The minimum atomic E-state index is -4.55. The van der Waals surface area contributed by atoms with E-state index in [-0.39, 0.29) is 27.2 Å². The maximum absolute atomic E-state index is 13.6. The van der Waals surface area contributed by atoms with E-state index in [1.165, 1.54) is 22.9 Å². The number of carbonyl (C=O) groups is 2. The first-order chi connectivity index (χ1) is 22.1. The number of aliphatic hydroxyl groups is 3. The summed E-state index contributed by atoms with van der Waals surface area (Å²) < 4.78 is 40.4. The molecular weight excluding hydrogens is 618 g/mol. The number of hydrogen-bond acceptors (Lipinski definition) is 11. The van der Waals surface area contributed by atoms with E-state index in [1.54, 1.807) is 49.5 Å². The van der Waals surface area contributed by atoms with Gasteiger partial charge in [-0.05, 0) is 43.3 Å². The minimum Gasteiger partial charge on any atom is -0.394 e. The molecule has 1 fully saturated rings. The van der Waals surface area contributed by atoms with Crippen molar-refractivity contribution in [2.45, 2.75) is 42.5 Å². The molecule has 234 valence electrons. The van der Waals surface area contributed by atoms with Crippen molar-refractivity contribution >= 4 is 65.8 Å². The lowest BCUT2D eigenvalue weighted by Crippen LogP contribution is -2.57. The number of nitrogens with zero attached hydrogens (tertiary/aromatic N) is 3. The number of aromatic amines is 1. The third-order valence-electron chi connectivity index (χ3n) is 8.64. The molecule has 6 aromatic rings. The Morgan fingerprint density at radius 2 is 1.61 bits per heavy atom. The quantitative estimate of drug-likeness (QED) is 0.135. The van der Waals surface area contributed by atoms with Crippen LogP contribution < -0.4 is 5.32 Å². The summed E-state index contributed by atoms with van der Waals surface area (Å²) in [5.41, 5.74) is 2.26. The Bertz CT molecular complexity index is 2370.